The van der Waals surface area contributed by atoms with Gasteiger partial charge in [0.15, 0.2) is 0 Å². The van der Waals surface area contributed by atoms with E-state index in [0.29, 0.717) is 6.04 Å². The molecule has 0 aliphatic carbocycles. The maximum atomic E-state index is 5.78. The lowest BCUT2D eigenvalue weighted by Crippen LogP contribution is -2.18. The summed E-state index contributed by atoms with van der Waals surface area (Å²) in [5.41, 5.74) is 1.24. The minimum atomic E-state index is 0.343. The van der Waals surface area contributed by atoms with E-state index < -0.39 is 0 Å². The molecule has 1 aromatic rings. The molecular formula is C11H14ClN. The summed E-state index contributed by atoms with van der Waals surface area (Å²) in [5.74, 6) is 0. The first kappa shape index (κ1) is 10.3. The first-order chi connectivity index (χ1) is 6.24. The molecule has 0 unspecified atom stereocenters. The summed E-state index contributed by atoms with van der Waals surface area (Å²) < 4.78 is 0. The van der Waals surface area contributed by atoms with Crippen molar-refractivity contribution in [2.24, 2.45) is 0 Å². The van der Waals surface area contributed by atoms with Crippen LogP contribution in [0.1, 0.15) is 18.5 Å². The normalized spacial score (nSPS) is 12.5. The molecular weight excluding hydrogens is 182 g/mol. The number of rotatable bonds is 4. The van der Waals surface area contributed by atoms with E-state index in [-0.39, 0.29) is 0 Å². The number of hydrogen-bond donors (Lipinski definition) is 1. The lowest BCUT2D eigenvalue weighted by Gasteiger charge is -2.12. The Labute approximate surface area is 84.4 Å². The smallest absolute Gasteiger partial charge is 0.0406 e. The number of halogens is 1. The highest BCUT2D eigenvalue weighted by atomic mass is 35.5. The molecule has 0 fully saturated rings. The highest BCUT2D eigenvalue weighted by molar-refractivity contribution is 6.30. The Morgan fingerprint density at radius 1 is 1.46 bits per heavy atom. The van der Waals surface area contributed by atoms with Gasteiger partial charge in [-0.25, -0.2) is 0 Å². The van der Waals surface area contributed by atoms with Crippen molar-refractivity contribution in [2.75, 3.05) is 6.54 Å². The minimum Gasteiger partial charge on any atom is -0.307 e. The van der Waals surface area contributed by atoms with Crippen LogP contribution in [0.2, 0.25) is 5.02 Å². The zero-order chi connectivity index (χ0) is 9.68. The molecule has 0 heterocycles. The predicted molar refractivity (Wildman–Crippen MR) is 58.1 cm³/mol. The van der Waals surface area contributed by atoms with Gasteiger partial charge in [-0.2, -0.15) is 0 Å². The molecule has 1 atom stereocenters. The van der Waals surface area contributed by atoms with Crippen molar-refractivity contribution >= 4 is 11.6 Å². The molecule has 0 spiro atoms. The Bertz CT molecular complexity index is 266. The maximum absolute atomic E-state index is 5.78. The Balaban J connectivity index is 2.60. The van der Waals surface area contributed by atoms with Crippen LogP contribution in [0.15, 0.2) is 36.9 Å². The van der Waals surface area contributed by atoms with Crippen LogP contribution in [0.25, 0.3) is 0 Å². The first-order valence-corrected chi connectivity index (χ1v) is 4.71. The molecule has 1 nitrogen and oxygen atoms in total. The highest BCUT2D eigenvalue weighted by Gasteiger charge is 2.01. The average Bonchev–Trinajstić information content (AvgIpc) is 2.15. The maximum Gasteiger partial charge on any atom is 0.0406 e. The number of benzene rings is 1. The number of hydrogen-bond acceptors (Lipinski definition) is 1. The minimum absolute atomic E-state index is 0.343. The van der Waals surface area contributed by atoms with Gasteiger partial charge in [-0.05, 0) is 24.6 Å². The molecule has 0 saturated heterocycles. The van der Waals surface area contributed by atoms with E-state index in [1.807, 2.05) is 30.3 Å². The van der Waals surface area contributed by atoms with Crippen molar-refractivity contribution in [3.8, 4) is 0 Å². The summed E-state index contributed by atoms with van der Waals surface area (Å²) in [6.45, 7) is 6.60. The van der Waals surface area contributed by atoms with Crippen LogP contribution < -0.4 is 5.32 Å². The molecule has 70 valence electrons. The second kappa shape index (κ2) is 5.05. The molecule has 0 amide bonds. The molecule has 1 N–H and O–H groups in total. The third-order valence-electron chi connectivity index (χ3n) is 1.94. The molecule has 0 aliphatic rings. The van der Waals surface area contributed by atoms with Crippen molar-refractivity contribution in [1.29, 1.82) is 0 Å². The molecule has 0 aromatic heterocycles. The van der Waals surface area contributed by atoms with E-state index in [1.54, 1.807) is 0 Å². The van der Waals surface area contributed by atoms with Gasteiger partial charge in [-0.15, -0.1) is 6.58 Å². The topological polar surface area (TPSA) is 12.0 Å². The highest BCUT2D eigenvalue weighted by Crippen LogP contribution is 2.15. The van der Waals surface area contributed by atoms with Crippen LogP contribution in [-0.2, 0) is 0 Å². The van der Waals surface area contributed by atoms with Gasteiger partial charge in [0, 0.05) is 17.6 Å². The molecule has 1 rings (SSSR count). The van der Waals surface area contributed by atoms with Gasteiger partial charge < -0.3 is 5.32 Å². The van der Waals surface area contributed by atoms with E-state index in [1.165, 1.54) is 5.56 Å². The molecule has 0 aliphatic heterocycles. The third kappa shape index (κ3) is 3.21. The van der Waals surface area contributed by atoms with Gasteiger partial charge in [0.1, 0.15) is 0 Å². The monoisotopic (exact) mass is 195 g/mol. The van der Waals surface area contributed by atoms with E-state index in [9.17, 15) is 0 Å². The molecule has 2 heteroatoms. The van der Waals surface area contributed by atoms with Crippen molar-refractivity contribution in [3.63, 3.8) is 0 Å². The fraction of sp³-hybridized carbons (Fsp3) is 0.273. The Morgan fingerprint density at radius 3 is 2.62 bits per heavy atom. The van der Waals surface area contributed by atoms with Gasteiger partial charge in [0.05, 0.1) is 0 Å². The van der Waals surface area contributed by atoms with Gasteiger partial charge in [0.2, 0.25) is 0 Å². The fourth-order valence-electron chi connectivity index (χ4n) is 1.13. The second-order valence-electron chi connectivity index (χ2n) is 2.97. The summed E-state index contributed by atoms with van der Waals surface area (Å²) in [6.07, 6.45) is 1.85. The Hall–Kier alpha value is -0.790. The summed E-state index contributed by atoms with van der Waals surface area (Å²) in [6, 6.07) is 8.22. The van der Waals surface area contributed by atoms with Crippen LogP contribution in [0.3, 0.4) is 0 Å². The van der Waals surface area contributed by atoms with Crippen molar-refractivity contribution in [1.82, 2.24) is 5.32 Å². The summed E-state index contributed by atoms with van der Waals surface area (Å²) >= 11 is 5.78. The largest absolute Gasteiger partial charge is 0.307 e. The molecule has 0 bridgehead atoms. The average molecular weight is 196 g/mol. The first-order valence-electron chi connectivity index (χ1n) is 4.34. The van der Waals surface area contributed by atoms with Crippen LogP contribution >= 0.6 is 11.6 Å². The SMILES string of the molecule is C=CCN[C@H](C)c1ccc(Cl)cc1. The molecule has 0 radical (unpaired) electrons. The van der Waals surface area contributed by atoms with Gasteiger partial charge >= 0.3 is 0 Å². The van der Waals surface area contributed by atoms with E-state index in [4.69, 9.17) is 11.6 Å². The second-order valence-corrected chi connectivity index (χ2v) is 3.41. The fourth-order valence-corrected chi connectivity index (χ4v) is 1.26. The van der Waals surface area contributed by atoms with Crippen molar-refractivity contribution in [3.05, 3.63) is 47.5 Å². The van der Waals surface area contributed by atoms with Crippen LogP contribution in [-0.4, -0.2) is 6.54 Å². The number of nitrogens with one attached hydrogen (secondary N) is 1. The molecule has 0 saturated carbocycles. The summed E-state index contributed by atoms with van der Waals surface area (Å²) in [4.78, 5) is 0. The predicted octanol–water partition coefficient (Wildman–Crippen LogP) is 3.18. The van der Waals surface area contributed by atoms with Crippen LogP contribution in [0.4, 0.5) is 0 Å². The Morgan fingerprint density at radius 2 is 2.08 bits per heavy atom. The Kier molecular flexibility index (Phi) is 4.00. The molecule has 1 aromatic carbocycles. The van der Waals surface area contributed by atoms with Gasteiger partial charge in [0.25, 0.3) is 0 Å². The summed E-state index contributed by atoms with van der Waals surface area (Å²) in [5, 5.41) is 4.08. The van der Waals surface area contributed by atoms with Gasteiger partial charge in [-0.1, -0.05) is 29.8 Å². The third-order valence-corrected chi connectivity index (χ3v) is 2.19. The van der Waals surface area contributed by atoms with Gasteiger partial charge in [-0.3, -0.25) is 0 Å². The van der Waals surface area contributed by atoms with E-state index in [0.717, 1.165) is 11.6 Å². The zero-order valence-electron chi connectivity index (χ0n) is 7.76. The van der Waals surface area contributed by atoms with E-state index >= 15 is 0 Å². The van der Waals surface area contributed by atoms with Crippen molar-refractivity contribution in [2.45, 2.75) is 13.0 Å². The quantitative estimate of drug-likeness (QED) is 0.728. The lowest BCUT2D eigenvalue weighted by atomic mass is 10.1. The molecule has 13 heavy (non-hydrogen) atoms. The van der Waals surface area contributed by atoms with Crippen LogP contribution in [0, 0.1) is 0 Å². The van der Waals surface area contributed by atoms with Crippen LogP contribution in [0.5, 0.6) is 0 Å². The lowest BCUT2D eigenvalue weighted by molar-refractivity contribution is 0.618. The van der Waals surface area contributed by atoms with E-state index in [2.05, 4.69) is 18.8 Å². The standard InChI is InChI=1S/C11H14ClN/c1-3-8-13-9(2)10-4-6-11(12)7-5-10/h3-7,9,13H,1,8H2,2H3/t9-/m1/s1. The van der Waals surface area contributed by atoms with Crippen molar-refractivity contribution < 1.29 is 0 Å². The summed E-state index contributed by atoms with van der Waals surface area (Å²) in [7, 11) is 0. The zero-order valence-corrected chi connectivity index (χ0v) is 8.51.